The van der Waals surface area contributed by atoms with Gasteiger partial charge in [-0.1, -0.05) is 31.5 Å². The molecule has 1 aliphatic rings. The fraction of sp³-hybridized carbons (Fsp3) is 0.474. The molecule has 112 valence electrons. The van der Waals surface area contributed by atoms with Crippen LogP contribution < -0.4 is 10.1 Å². The molecule has 2 nitrogen and oxygen atoms in total. The Bertz CT molecular complexity index is 608. The highest BCUT2D eigenvalue weighted by Gasteiger charge is 2.20. The quantitative estimate of drug-likeness (QED) is 0.879. The topological polar surface area (TPSA) is 21.3 Å². The van der Waals surface area contributed by atoms with E-state index in [1.807, 2.05) is 6.07 Å². The van der Waals surface area contributed by atoms with Crippen LogP contribution in [-0.2, 0) is 6.54 Å². The van der Waals surface area contributed by atoms with Crippen LogP contribution in [0.2, 0.25) is 0 Å². The largest absolute Gasteiger partial charge is 0.497 e. The molecule has 0 amide bonds. The van der Waals surface area contributed by atoms with E-state index in [-0.39, 0.29) is 0 Å². The number of hydrogen-bond donors (Lipinski definition) is 1. The molecule has 2 aromatic carbocycles. The first-order valence-electron chi connectivity index (χ1n) is 8.02. The normalized spacial score (nSPS) is 21.8. The summed E-state index contributed by atoms with van der Waals surface area (Å²) in [6.45, 7) is 4.50. The van der Waals surface area contributed by atoms with Gasteiger partial charge in [-0.15, -0.1) is 0 Å². The summed E-state index contributed by atoms with van der Waals surface area (Å²) in [4.78, 5) is 0. The predicted octanol–water partition coefficient (Wildman–Crippen LogP) is 4.37. The summed E-state index contributed by atoms with van der Waals surface area (Å²) in [5, 5.41) is 6.15. The third-order valence-electron chi connectivity index (χ3n) is 4.68. The summed E-state index contributed by atoms with van der Waals surface area (Å²) in [7, 11) is 1.71. The van der Waals surface area contributed by atoms with E-state index >= 15 is 0 Å². The van der Waals surface area contributed by atoms with Gasteiger partial charge in [0.1, 0.15) is 5.75 Å². The molecule has 2 aromatic rings. The van der Waals surface area contributed by atoms with Gasteiger partial charge in [-0.2, -0.15) is 0 Å². The molecule has 3 rings (SSSR count). The Morgan fingerprint density at radius 3 is 2.67 bits per heavy atom. The molecule has 0 bridgehead atoms. The van der Waals surface area contributed by atoms with Gasteiger partial charge in [0, 0.05) is 6.54 Å². The zero-order valence-electron chi connectivity index (χ0n) is 13.1. The van der Waals surface area contributed by atoms with Crippen molar-refractivity contribution in [3.8, 4) is 5.75 Å². The molecule has 1 aliphatic carbocycles. The highest BCUT2D eigenvalue weighted by molar-refractivity contribution is 5.84. The smallest absolute Gasteiger partial charge is 0.119 e. The van der Waals surface area contributed by atoms with Crippen molar-refractivity contribution in [3.05, 3.63) is 42.0 Å². The van der Waals surface area contributed by atoms with E-state index in [1.165, 1.54) is 35.6 Å². The first-order chi connectivity index (χ1) is 10.2. The van der Waals surface area contributed by atoms with E-state index in [4.69, 9.17) is 4.74 Å². The first kappa shape index (κ1) is 14.4. The molecule has 1 saturated carbocycles. The van der Waals surface area contributed by atoms with Crippen molar-refractivity contribution < 1.29 is 4.74 Å². The van der Waals surface area contributed by atoms with Crippen molar-refractivity contribution in [3.63, 3.8) is 0 Å². The lowest BCUT2D eigenvalue weighted by Gasteiger charge is -2.11. The molecule has 1 N–H and O–H groups in total. The Labute approximate surface area is 127 Å². The van der Waals surface area contributed by atoms with Crippen LogP contribution in [0.5, 0.6) is 5.75 Å². The molecular weight excluding hydrogens is 258 g/mol. The predicted molar refractivity (Wildman–Crippen MR) is 88.7 cm³/mol. The Morgan fingerprint density at radius 2 is 1.90 bits per heavy atom. The molecule has 21 heavy (non-hydrogen) atoms. The van der Waals surface area contributed by atoms with Crippen LogP contribution in [0.3, 0.4) is 0 Å². The van der Waals surface area contributed by atoms with Crippen LogP contribution in [0.15, 0.2) is 36.4 Å². The lowest BCUT2D eigenvalue weighted by atomic mass is 10.1. The highest BCUT2D eigenvalue weighted by Crippen LogP contribution is 2.29. The summed E-state index contributed by atoms with van der Waals surface area (Å²) in [6.07, 6.45) is 4.19. The van der Waals surface area contributed by atoms with Crippen LogP contribution in [0.4, 0.5) is 0 Å². The Hall–Kier alpha value is -1.54. The molecule has 0 aliphatic heterocycles. The minimum Gasteiger partial charge on any atom is -0.497 e. The van der Waals surface area contributed by atoms with Crippen LogP contribution in [0, 0.1) is 11.8 Å². The van der Waals surface area contributed by atoms with Crippen LogP contribution in [0.25, 0.3) is 10.8 Å². The molecule has 2 heteroatoms. The minimum atomic E-state index is 0.879. The molecule has 0 saturated heterocycles. The van der Waals surface area contributed by atoms with Crippen molar-refractivity contribution >= 4 is 10.8 Å². The second-order valence-corrected chi connectivity index (χ2v) is 6.46. The number of ether oxygens (including phenoxy) is 1. The van der Waals surface area contributed by atoms with E-state index in [9.17, 15) is 0 Å². The van der Waals surface area contributed by atoms with Crippen molar-refractivity contribution in [2.24, 2.45) is 11.8 Å². The highest BCUT2D eigenvalue weighted by atomic mass is 16.5. The summed E-state index contributed by atoms with van der Waals surface area (Å²) in [5.41, 5.74) is 1.36. The molecule has 0 spiro atoms. The van der Waals surface area contributed by atoms with Gasteiger partial charge in [0.05, 0.1) is 7.11 Å². The van der Waals surface area contributed by atoms with E-state index in [2.05, 4.69) is 42.6 Å². The van der Waals surface area contributed by atoms with Gasteiger partial charge < -0.3 is 10.1 Å². The molecule has 0 heterocycles. The molecule has 2 unspecified atom stereocenters. The number of hydrogen-bond acceptors (Lipinski definition) is 2. The maximum Gasteiger partial charge on any atom is 0.119 e. The first-order valence-corrected chi connectivity index (χ1v) is 8.02. The fourth-order valence-corrected chi connectivity index (χ4v) is 3.44. The number of benzene rings is 2. The number of methoxy groups -OCH3 is 1. The lowest BCUT2D eigenvalue weighted by molar-refractivity contribution is 0.415. The van der Waals surface area contributed by atoms with E-state index in [1.54, 1.807) is 7.11 Å². The van der Waals surface area contributed by atoms with Crippen LogP contribution >= 0.6 is 0 Å². The van der Waals surface area contributed by atoms with Gasteiger partial charge in [-0.05, 0) is 65.8 Å². The van der Waals surface area contributed by atoms with Gasteiger partial charge in [-0.3, -0.25) is 0 Å². The molecule has 0 radical (unpaired) electrons. The van der Waals surface area contributed by atoms with Gasteiger partial charge >= 0.3 is 0 Å². The summed E-state index contributed by atoms with van der Waals surface area (Å²) in [5.74, 6) is 2.72. The van der Waals surface area contributed by atoms with Gasteiger partial charge in [-0.25, -0.2) is 0 Å². The van der Waals surface area contributed by atoms with Gasteiger partial charge in [0.25, 0.3) is 0 Å². The summed E-state index contributed by atoms with van der Waals surface area (Å²) >= 11 is 0. The Kier molecular flexibility index (Phi) is 4.45. The summed E-state index contributed by atoms with van der Waals surface area (Å²) in [6, 6.07) is 12.9. The fourth-order valence-electron chi connectivity index (χ4n) is 3.44. The molecule has 0 aromatic heterocycles. The Balaban J connectivity index is 1.59. The zero-order valence-corrected chi connectivity index (χ0v) is 13.1. The average Bonchev–Trinajstić information content (AvgIpc) is 2.92. The number of nitrogens with one attached hydrogen (secondary N) is 1. The van der Waals surface area contributed by atoms with E-state index < -0.39 is 0 Å². The number of fused-ring (bicyclic) bond motifs is 1. The summed E-state index contributed by atoms with van der Waals surface area (Å²) < 4.78 is 5.27. The zero-order chi connectivity index (χ0) is 14.7. The number of rotatable bonds is 5. The van der Waals surface area contributed by atoms with E-state index in [0.29, 0.717) is 0 Å². The minimum absolute atomic E-state index is 0.879. The van der Waals surface area contributed by atoms with Gasteiger partial charge in [0.2, 0.25) is 0 Å². The molecular formula is C19H25NO. The van der Waals surface area contributed by atoms with Crippen molar-refractivity contribution in [1.82, 2.24) is 5.32 Å². The average molecular weight is 283 g/mol. The van der Waals surface area contributed by atoms with Crippen LogP contribution in [0.1, 0.15) is 31.7 Å². The maximum absolute atomic E-state index is 5.27. The lowest BCUT2D eigenvalue weighted by Crippen LogP contribution is -2.20. The Morgan fingerprint density at radius 1 is 1.10 bits per heavy atom. The second kappa shape index (κ2) is 6.48. The van der Waals surface area contributed by atoms with E-state index in [0.717, 1.165) is 30.7 Å². The third-order valence-corrected chi connectivity index (χ3v) is 4.68. The third kappa shape index (κ3) is 3.56. The monoisotopic (exact) mass is 283 g/mol. The standard InChI is InChI=1S/C19H25NO/c1-14-3-4-15(9-14)12-20-13-16-5-6-18-11-19(21-2)8-7-17(18)10-16/h5-8,10-11,14-15,20H,3-4,9,12-13H2,1-2H3. The van der Waals surface area contributed by atoms with Crippen LogP contribution in [-0.4, -0.2) is 13.7 Å². The second-order valence-electron chi connectivity index (χ2n) is 6.46. The SMILES string of the molecule is COc1ccc2cc(CNCC3CCC(C)C3)ccc2c1. The van der Waals surface area contributed by atoms with Gasteiger partial charge in [0.15, 0.2) is 0 Å². The maximum atomic E-state index is 5.27. The molecule has 1 fully saturated rings. The molecule has 2 atom stereocenters. The van der Waals surface area contributed by atoms with Crippen molar-refractivity contribution in [1.29, 1.82) is 0 Å². The van der Waals surface area contributed by atoms with Crippen molar-refractivity contribution in [2.75, 3.05) is 13.7 Å². The van der Waals surface area contributed by atoms with Crippen molar-refractivity contribution in [2.45, 2.75) is 32.7 Å².